The van der Waals surface area contributed by atoms with Gasteiger partial charge in [-0.05, 0) is 75.3 Å². The minimum atomic E-state index is -0.493. The van der Waals surface area contributed by atoms with Crippen LogP contribution >= 0.6 is 0 Å². The number of anilines is 1. The Kier molecular flexibility index (Phi) is 7.60. The number of nitrogens with zero attached hydrogens (tertiary/aromatic N) is 5. The van der Waals surface area contributed by atoms with Crippen LogP contribution in [0.2, 0.25) is 0 Å². The highest BCUT2D eigenvalue weighted by Crippen LogP contribution is 2.25. The molecule has 1 fully saturated rings. The number of likely N-dealkylation sites (tertiary alicyclic amines) is 1. The maximum atomic E-state index is 13.4. The van der Waals surface area contributed by atoms with Crippen molar-refractivity contribution in [1.82, 2.24) is 23.9 Å². The Labute approximate surface area is 233 Å². The van der Waals surface area contributed by atoms with E-state index in [2.05, 4.69) is 10.3 Å². The Morgan fingerprint density at radius 1 is 1.05 bits per heavy atom. The van der Waals surface area contributed by atoms with Crippen molar-refractivity contribution in [3.05, 3.63) is 80.4 Å². The minimum Gasteiger partial charge on any atom is -0.341 e. The highest BCUT2D eigenvalue weighted by atomic mass is 16.2. The van der Waals surface area contributed by atoms with Crippen LogP contribution in [0.25, 0.3) is 11.1 Å². The number of nitrogens with one attached hydrogen (secondary N) is 1. The molecule has 1 saturated heterocycles. The van der Waals surface area contributed by atoms with E-state index in [0.29, 0.717) is 38.0 Å². The van der Waals surface area contributed by atoms with Crippen LogP contribution < -0.4 is 16.6 Å². The number of rotatable bonds is 5. The zero-order valence-electron chi connectivity index (χ0n) is 23.5. The van der Waals surface area contributed by atoms with E-state index in [-0.39, 0.29) is 36.1 Å². The number of amides is 3. The molecule has 10 nitrogen and oxygen atoms in total. The van der Waals surface area contributed by atoms with E-state index in [1.165, 1.54) is 15.3 Å². The molecule has 0 spiro atoms. The molecule has 5 rings (SSSR count). The Bertz CT molecular complexity index is 1570. The van der Waals surface area contributed by atoms with Gasteiger partial charge in [-0.1, -0.05) is 18.2 Å². The summed E-state index contributed by atoms with van der Waals surface area (Å²) in [5.74, 6) is -0.180. The highest BCUT2D eigenvalue weighted by Gasteiger charge is 2.31. The fraction of sp³-hybridized carbons (Fsp3) is 0.433. The summed E-state index contributed by atoms with van der Waals surface area (Å²) >= 11 is 0. The summed E-state index contributed by atoms with van der Waals surface area (Å²) in [4.78, 5) is 60.8. The summed E-state index contributed by atoms with van der Waals surface area (Å²) in [6.07, 6.45) is 7.02. The Morgan fingerprint density at radius 2 is 1.80 bits per heavy atom. The number of carbonyl (C=O) groups is 2. The molecule has 10 heteroatoms. The van der Waals surface area contributed by atoms with Crippen LogP contribution in [0, 0.1) is 13.8 Å². The van der Waals surface area contributed by atoms with Crippen molar-refractivity contribution in [1.29, 1.82) is 0 Å². The lowest BCUT2D eigenvalue weighted by Gasteiger charge is -2.38. The molecule has 40 heavy (non-hydrogen) atoms. The number of aryl methyl sites for hydroxylation is 1. The molecule has 0 radical (unpaired) electrons. The number of hydrogen-bond acceptors (Lipinski definition) is 5. The maximum absolute atomic E-state index is 13.4. The number of carbonyl (C=O) groups excluding carboxylic acids is 2. The topological polar surface area (TPSA) is 110 Å². The van der Waals surface area contributed by atoms with Crippen molar-refractivity contribution < 1.29 is 9.59 Å². The standard InChI is InChI=1S/C30H36N6O4/c1-19(2)36-28(38)25(24-7-5-6-20(3)21(24)4)17-34(30(36)40)18-27(37)33-13-10-23(11-14-33)35-15-9-22-16-31-12-8-26(22)32-29(35)39/h5-8,12,16-17,19,23H,9-11,13-15,18H2,1-4H3,(H,32,39). The molecule has 2 aliphatic rings. The summed E-state index contributed by atoms with van der Waals surface area (Å²) in [5, 5.41) is 2.99. The Morgan fingerprint density at radius 3 is 2.52 bits per heavy atom. The van der Waals surface area contributed by atoms with Crippen molar-refractivity contribution in [2.75, 3.05) is 25.0 Å². The molecule has 1 N–H and O–H groups in total. The quantitative estimate of drug-likeness (QED) is 0.530. The summed E-state index contributed by atoms with van der Waals surface area (Å²) < 4.78 is 2.59. The summed E-state index contributed by atoms with van der Waals surface area (Å²) in [5.41, 5.74) is 4.13. The zero-order chi connectivity index (χ0) is 28.6. The van der Waals surface area contributed by atoms with Gasteiger partial charge in [-0.25, -0.2) is 9.59 Å². The summed E-state index contributed by atoms with van der Waals surface area (Å²) in [7, 11) is 0. The first kappa shape index (κ1) is 27.4. The van der Waals surface area contributed by atoms with Crippen LogP contribution in [-0.4, -0.2) is 61.5 Å². The number of hydrogen-bond donors (Lipinski definition) is 1. The molecule has 4 heterocycles. The lowest BCUT2D eigenvalue weighted by Crippen LogP contribution is -2.51. The van der Waals surface area contributed by atoms with Gasteiger partial charge in [0.2, 0.25) is 5.91 Å². The molecule has 0 bridgehead atoms. The van der Waals surface area contributed by atoms with E-state index in [4.69, 9.17) is 0 Å². The lowest BCUT2D eigenvalue weighted by molar-refractivity contribution is -0.133. The van der Waals surface area contributed by atoms with Crippen molar-refractivity contribution >= 4 is 17.6 Å². The van der Waals surface area contributed by atoms with Crippen LogP contribution in [0.4, 0.5) is 10.5 Å². The first-order chi connectivity index (χ1) is 19.2. The van der Waals surface area contributed by atoms with E-state index in [1.807, 2.05) is 43.0 Å². The molecule has 0 saturated carbocycles. The third-order valence-corrected chi connectivity index (χ3v) is 8.19. The Balaban J connectivity index is 1.32. The van der Waals surface area contributed by atoms with Gasteiger partial charge >= 0.3 is 11.7 Å². The molecular formula is C30H36N6O4. The minimum absolute atomic E-state index is 0.0211. The van der Waals surface area contributed by atoms with E-state index in [0.717, 1.165) is 34.4 Å². The molecule has 0 unspecified atom stereocenters. The number of benzene rings is 1. The Hall–Kier alpha value is -4.21. The first-order valence-corrected chi connectivity index (χ1v) is 13.9. The predicted octanol–water partition coefficient (Wildman–Crippen LogP) is 3.35. The molecule has 0 aliphatic carbocycles. The second-order valence-electron chi connectivity index (χ2n) is 11.0. The van der Waals surface area contributed by atoms with E-state index in [1.54, 1.807) is 31.1 Å². The van der Waals surface area contributed by atoms with Crippen molar-refractivity contribution in [3.8, 4) is 11.1 Å². The van der Waals surface area contributed by atoms with Crippen molar-refractivity contribution in [3.63, 3.8) is 0 Å². The number of aromatic nitrogens is 3. The fourth-order valence-corrected chi connectivity index (χ4v) is 5.72. The van der Waals surface area contributed by atoms with Crippen molar-refractivity contribution in [2.45, 2.75) is 65.6 Å². The molecule has 1 aromatic carbocycles. The second-order valence-corrected chi connectivity index (χ2v) is 11.0. The monoisotopic (exact) mass is 544 g/mol. The largest absolute Gasteiger partial charge is 0.341 e. The number of piperidine rings is 1. The highest BCUT2D eigenvalue weighted by molar-refractivity contribution is 5.91. The molecule has 2 aromatic heterocycles. The average Bonchev–Trinajstić information content (AvgIpc) is 3.10. The fourth-order valence-electron chi connectivity index (χ4n) is 5.72. The van der Waals surface area contributed by atoms with Crippen LogP contribution in [0.5, 0.6) is 0 Å². The maximum Gasteiger partial charge on any atom is 0.331 e. The van der Waals surface area contributed by atoms with Gasteiger partial charge in [-0.2, -0.15) is 0 Å². The van der Waals surface area contributed by atoms with Gasteiger partial charge in [0.15, 0.2) is 0 Å². The second kappa shape index (κ2) is 11.1. The SMILES string of the molecule is Cc1cccc(-c2cn(CC(=O)N3CCC(N4CCc5cnccc5NC4=O)CC3)c(=O)n(C(C)C)c2=O)c1C. The van der Waals surface area contributed by atoms with Gasteiger partial charge in [0.25, 0.3) is 5.56 Å². The van der Waals surface area contributed by atoms with Crippen LogP contribution in [-0.2, 0) is 17.8 Å². The van der Waals surface area contributed by atoms with Crippen molar-refractivity contribution in [2.24, 2.45) is 0 Å². The van der Waals surface area contributed by atoms with Crippen LogP contribution in [0.1, 0.15) is 49.4 Å². The summed E-state index contributed by atoms with van der Waals surface area (Å²) in [6, 6.07) is 7.09. The normalized spacial score (nSPS) is 16.1. The van der Waals surface area contributed by atoms with Gasteiger partial charge in [0.05, 0.1) is 5.56 Å². The number of pyridine rings is 1. The molecule has 3 aromatic rings. The van der Waals surface area contributed by atoms with Gasteiger partial charge in [0, 0.05) is 56.0 Å². The zero-order valence-corrected chi connectivity index (χ0v) is 23.5. The third-order valence-electron chi connectivity index (χ3n) is 8.19. The molecule has 2 aliphatic heterocycles. The summed E-state index contributed by atoms with van der Waals surface area (Å²) in [6.45, 7) is 8.94. The number of urea groups is 1. The molecular weight excluding hydrogens is 508 g/mol. The van der Waals surface area contributed by atoms with E-state index in [9.17, 15) is 19.2 Å². The van der Waals surface area contributed by atoms with Crippen LogP contribution in [0.3, 0.4) is 0 Å². The predicted molar refractivity (Wildman–Crippen MR) is 154 cm³/mol. The lowest BCUT2D eigenvalue weighted by atomic mass is 9.99. The van der Waals surface area contributed by atoms with Gasteiger partial charge in [-0.15, -0.1) is 0 Å². The van der Waals surface area contributed by atoms with Gasteiger partial charge in [0.1, 0.15) is 6.54 Å². The average molecular weight is 545 g/mol. The smallest absolute Gasteiger partial charge is 0.331 e. The van der Waals surface area contributed by atoms with Crippen LogP contribution in [0.15, 0.2) is 52.4 Å². The van der Waals surface area contributed by atoms with E-state index >= 15 is 0 Å². The third kappa shape index (κ3) is 5.17. The molecule has 0 atom stereocenters. The molecule has 3 amide bonds. The number of fused-ring (bicyclic) bond motifs is 1. The molecule has 210 valence electrons. The first-order valence-electron chi connectivity index (χ1n) is 13.9. The van der Waals surface area contributed by atoms with Gasteiger partial charge < -0.3 is 15.1 Å². The van der Waals surface area contributed by atoms with E-state index < -0.39 is 5.69 Å². The van der Waals surface area contributed by atoms with Gasteiger partial charge in [-0.3, -0.25) is 23.7 Å².